The Morgan fingerprint density at radius 1 is 1.08 bits per heavy atom. The third kappa shape index (κ3) is 3.04. The van der Waals surface area contributed by atoms with E-state index in [0.29, 0.717) is 10.0 Å². The Labute approximate surface area is 162 Å². The second-order valence-corrected chi connectivity index (χ2v) is 7.09. The average molecular weight is 388 g/mol. The van der Waals surface area contributed by atoms with Gasteiger partial charge >= 0.3 is 0 Å². The monoisotopic (exact) mass is 387 g/mol. The lowest BCUT2D eigenvalue weighted by Crippen LogP contribution is -2.08. The number of nitrogens with one attached hydrogen (secondary N) is 1. The molecule has 0 radical (unpaired) electrons. The van der Waals surface area contributed by atoms with Crippen LogP contribution in [0, 0.1) is 0 Å². The molecule has 0 spiro atoms. The zero-order chi connectivity index (χ0) is 18.1. The van der Waals surface area contributed by atoms with Crippen LogP contribution in [-0.4, -0.2) is 23.4 Å². The van der Waals surface area contributed by atoms with Crippen molar-refractivity contribution in [2.45, 2.75) is 19.3 Å². The van der Waals surface area contributed by atoms with Crippen LogP contribution in [0.2, 0.25) is 10.0 Å². The molecule has 1 aromatic heterocycles. The number of anilines is 1. The summed E-state index contributed by atoms with van der Waals surface area (Å²) in [6.07, 6.45) is 3.21. The normalized spacial score (nSPS) is 13.7. The van der Waals surface area contributed by atoms with E-state index in [4.69, 9.17) is 33.0 Å². The fourth-order valence-electron chi connectivity index (χ4n) is 3.36. The van der Waals surface area contributed by atoms with E-state index in [0.717, 1.165) is 54.3 Å². The molecule has 3 aromatic rings. The minimum Gasteiger partial charge on any atom is -0.494 e. The molecule has 0 aliphatic carbocycles. The first-order valence-corrected chi connectivity index (χ1v) is 9.39. The molecule has 0 saturated heterocycles. The first-order chi connectivity index (χ1) is 12.7. The maximum absolute atomic E-state index is 6.25. The minimum atomic E-state index is 0.534. The Morgan fingerprint density at radius 3 is 2.73 bits per heavy atom. The average Bonchev–Trinajstić information content (AvgIpc) is 2.85. The van der Waals surface area contributed by atoms with Crippen LogP contribution in [0.15, 0.2) is 42.5 Å². The predicted molar refractivity (Wildman–Crippen MR) is 107 cm³/mol. The van der Waals surface area contributed by atoms with E-state index in [1.807, 2.05) is 47.1 Å². The molecule has 0 fully saturated rings. The number of nitrogens with zero attached hydrogens (tertiary/aromatic N) is 2. The van der Waals surface area contributed by atoms with Crippen LogP contribution in [0.25, 0.3) is 16.9 Å². The van der Waals surface area contributed by atoms with E-state index in [1.165, 1.54) is 5.56 Å². The van der Waals surface area contributed by atoms with E-state index in [2.05, 4.69) is 5.32 Å². The number of hydrogen-bond acceptors (Lipinski definition) is 3. The first-order valence-electron chi connectivity index (χ1n) is 8.63. The van der Waals surface area contributed by atoms with Gasteiger partial charge < -0.3 is 10.1 Å². The molecule has 0 amide bonds. The molecule has 134 valence electrons. The van der Waals surface area contributed by atoms with Gasteiger partial charge in [-0.3, -0.25) is 0 Å². The summed E-state index contributed by atoms with van der Waals surface area (Å²) in [6.45, 7) is 0.925. The summed E-state index contributed by atoms with van der Waals surface area (Å²) < 4.78 is 7.49. The highest BCUT2D eigenvalue weighted by molar-refractivity contribution is 6.42. The second kappa shape index (κ2) is 7.22. The van der Waals surface area contributed by atoms with Gasteiger partial charge in [-0.05, 0) is 43.5 Å². The largest absolute Gasteiger partial charge is 0.494 e. The van der Waals surface area contributed by atoms with E-state index >= 15 is 0 Å². The molecule has 0 saturated carbocycles. The van der Waals surface area contributed by atoms with Crippen LogP contribution in [0.3, 0.4) is 0 Å². The van der Waals surface area contributed by atoms with Crippen molar-refractivity contribution in [2.24, 2.45) is 0 Å². The van der Waals surface area contributed by atoms with Gasteiger partial charge in [0.1, 0.15) is 17.3 Å². The number of rotatable bonds is 3. The van der Waals surface area contributed by atoms with E-state index in [1.54, 1.807) is 7.11 Å². The molecule has 6 heteroatoms. The number of hydrogen-bond donors (Lipinski definition) is 1. The summed E-state index contributed by atoms with van der Waals surface area (Å²) in [4.78, 5) is 0. The molecular weight excluding hydrogens is 369 g/mol. The van der Waals surface area contributed by atoms with Gasteiger partial charge in [-0.1, -0.05) is 41.4 Å². The molecular formula is C20H19Cl2N3O. The summed E-state index contributed by atoms with van der Waals surface area (Å²) >= 11 is 12.3. The zero-order valence-electron chi connectivity index (χ0n) is 14.4. The standard InChI is InChI=1S/C20H19Cl2N3O/c1-26-18-8-3-2-7-17(18)25-20-14(6-4-5-11-23-20)19(24-25)13-9-10-15(21)16(22)12-13/h2-3,7-10,12,23H,4-6,11H2,1H3. The Hall–Kier alpha value is -2.17. The summed E-state index contributed by atoms with van der Waals surface area (Å²) in [6, 6.07) is 13.6. The van der Waals surface area contributed by atoms with Crippen molar-refractivity contribution in [1.29, 1.82) is 0 Å². The number of ether oxygens (including phenoxy) is 1. The minimum absolute atomic E-state index is 0.534. The molecule has 0 atom stereocenters. The number of aromatic nitrogens is 2. The van der Waals surface area contributed by atoms with Crippen LogP contribution < -0.4 is 10.1 Å². The fourth-order valence-corrected chi connectivity index (χ4v) is 3.65. The molecule has 2 heterocycles. The van der Waals surface area contributed by atoms with Crippen molar-refractivity contribution < 1.29 is 4.74 Å². The van der Waals surface area contributed by atoms with Gasteiger partial charge in [0.25, 0.3) is 0 Å². The predicted octanol–water partition coefficient (Wildman–Crippen LogP) is 5.60. The van der Waals surface area contributed by atoms with Crippen LogP contribution in [-0.2, 0) is 6.42 Å². The number of para-hydroxylation sites is 2. The molecule has 2 aromatic carbocycles. The fraction of sp³-hybridized carbons (Fsp3) is 0.250. The zero-order valence-corrected chi connectivity index (χ0v) is 15.9. The van der Waals surface area contributed by atoms with Gasteiger partial charge in [0, 0.05) is 17.7 Å². The van der Waals surface area contributed by atoms with Gasteiger partial charge in [-0.2, -0.15) is 5.10 Å². The van der Waals surface area contributed by atoms with E-state index in [-0.39, 0.29) is 0 Å². The van der Waals surface area contributed by atoms with Crippen LogP contribution in [0.5, 0.6) is 5.75 Å². The van der Waals surface area contributed by atoms with Crippen molar-refractivity contribution in [3.05, 3.63) is 58.1 Å². The number of benzene rings is 2. The topological polar surface area (TPSA) is 39.1 Å². The van der Waals surface area contributed by atoms with Crippen LogP contribution in [0.4, 0.5) is 5.82 Å². The van der Waals surface area contributed by atoms with Crippen molar-refractivity contribution in [3.63, 3.8) is 0 Å². The van der Waals surface area contributed by atoms with E-state index in [9.17, 15) is 0 Å². The van der Waals surface area contributed by atoms with E-state index < -0.39 is 0 Å². The Balaban J connectivity index is 1.93. The van der Waals surface area contributed by atoms with Crippen LogP contribution >= 0.6 is 23.2 Å². The molecule has 1 aliphatic heterocycles. The third-order valence-corrected chi connectivity index (χ3v) is 5.37. The maximum Gasteiger partial charge on any atom is 0.144 e. The summed E-state index contributed by atoms with van der Waals surface area (Å²) in [5.74, 6) is 1.80. The van der Waals surface area contributed by atoms with Gasteiger partial charge in [0.15, 0.2) is 0 Å². The SMILES string of the molecule is COc1ccccc1-n1nc(-c2ccc(Cl)c(Cl)c2)c2c1NCCCC2. The quantitative estimate of drug-likeness (QED) is 0.635. The van der Waals surface area contributed by atoms with Gasteiger partial charge in [-0.15, -0.1) is 0 Å². The highest BCUT2D eigenvalue weighted by atomic mass is 35.5. The molecule has 0 unspecified atom stereocenters. The number of fused-ring (bicyclic) bond motifs is 1. The third-order valence-electron chi connectivity index (χ3n) is 4.64. The van der Waals surface area contributed by atoms with Crippen molar-refractivity contribution >= 4 is 29.0 Å². The van der Waals surface area contributed by atoms with Crippen molar-refractivity contribution in [1.82, 2.24) is 9.78 Å². The summed E-state index contributed by atoms with van der Waals surface area (Å²) in [7, 11) is 1.67. The lowest BCUT2D eigenvalue weighted by Gasteiger charge is -2.12. The Bertz CT molecular complexity index is 952. The van der Waals surface area contributed by atoms with Crippen molar-refractivity contribution in [3.8, 4) is 22.7 Å². The molecule has 1 aliphatic rings. The number of methoxy groups -OCH3 is 1. The molecule has 1 N–H and O–H groups in total. The lowest BCUT2D eigenvalue weighted by molar-refractivity contribution is 0.412. The molecule has 4 rings (SSSR count). The van der Waals surface area contributed by atoms with Crippen LogP contribution in [0.1, 0.15) is 18.4 Å². The highest BCUT2D eigenvalue weighted by Crippen LogP contribution is 2.37. The lowest BCUT2D eigenvalue weighted by atomic mass is 10.0. The van der Waals surface area contributed by atoms with Gasteiger partial charge in [-0.25, -0.2) is 4.68 Å². The second-order valence-electron chi connectivity index (χ2n) is 6.27. The van der Waals surface area contributed by atoms with Gasteiger partial charge in [0.2, 0.25) is 0 Å². The molecule has 26 heavy (non-hydrogen) atoms. The smallest absolute Gasteiger partial charge is 0.144 e. The first kappa shape index (κ1) is 17.3. The maximum atomic E-state index is 6.25. The Morgan fingerprint density at radius 2 is 1.92 bits per heavy atom. The Kier molecular flexibility index (Phi) is 4.79. The molecule has 0 bridgehead atoms. The van der Waals surface area contributed by atoms with Gasteiger partial charge in [0.05, 0.1) is 22.8 Å². The summed E-state index contributed by atoms with van der Waals surface area (Å²) in [5, 5.41) is 9.55. The van der Waals surface area contributed by atoms with Crippen molar-refractivity contribution in [2.75, 3.05) is 19.0 Å². The highest BCUT2D eigenvalue weighted by Gasteiger charge is 2.23. The summed E-state index contributed by atoms with van der Waals surface area (Å²) in [5.41, 5.74) is 4.01. The molecule has 4 nitrogen and oxygen atoms in total. The number of halogens is 2.